The van der Waals surface area contributed by atoms with Crippen LogP contribution in [0.1, 0.15) is 53.7 Å². The van der Waals surface area contributed by atoms with E-state index in [1.54, 1.807) is 4.57 Å². The fourth-order valence-electron chi connectivity index (χ4n) is 4.87. The number of carbonyl (C=O) groups is 1. The second kappa shape index (κ2) is 9.86. The number of nitrogens with zero attached hydrogens (tertiary/aromatic N) is 4. The van der Waals surface area contributed by atoms with E-state index in [9.17, 15) is 22.8 Å². The van der Waals surface area contributed by atoms with Crippen LogP contribution in [0.4, 0.5) is 13.2 Å². The van der Waals surface area contributed by atoms with Crippen molar-refractivity contribution in [3.63, 3.8) is 0 Å². The van der Waals surface area contributed by atoms with Gasteiger partial charge in [0.1, 0.15) is 12.2 Å². The van der Waals surface area contributed by atoms with Crippen molar-refractivity contribution in [1.29, 1.82) is 0 Å². The van der Waals surface area contributed by atoms with Gasteiger partial charge in [-0.3, -0.25) is 19.1 Å². The summed E-state index contributed by atoms with van der Waals surface area (Å²) in [5, 5.41) is 11.7. The van der Waals surface area contributed by atoms with Crippen LogP contribution in [0.15, 0.2) is 21.7 Å². The maximum Gasteiger partial charge on any atom is 0.490 e. The number of likely N-dealkylation sites (tertiary alicyclic amines) is 1. The largest absolute Gasteiger partial charge is 0.490 e. The second-order valence-electron chi connectivity index (χ2n) is 9.24. The fraction of sp³-hybridized carbons (Fsp3) is 0.636. The smallest absolute Gasteiger partial charge is 0.475 e. The molecule has 13 heteroatoms. The number of halogens is 3. The first-order chi connectivity index (χ1) is 16.5. The average molecular weight is 517 g/mol. The minimum absolute atomic E-state index is 0.0678. The lowest BCUT2D eigenvalue weighted by atomic mass is 10.0. The van der Waals surface area contributed by atoms with E-state index in [1.165, 1.54) is 14.4 Å². The van der Waals surface area contributed by atoms with E-state index in [2.05, 4.69) is 29.1 Å². The molecule has 1 aliphatic carbocycles. The number of ether oxygens (including phenoxy) is 1. The molecule has 9 nitrogen and oxygen atoms in total. The fourth-order valence-corrected chi connectivity index (χ4v) is 5.80. The third-order valence-corrected chi connectivity index (χ3v) is 7.59. The molecule has 2 aromatic rings. The highest BCUT2D eigenvalue weighted by Gasteiger charge is 2.43. The van der Waals surface area contributed by atoms with Gasteiger partial charge in [-0.25, -0.2) is 9.48 Å². The Kier molecular flexibility index (Phi) is 7.21. The Labute approximate surface area is 202 Å². The summed E-state index contributed by atoms with van der Waals surface area (Å²) in [7, 11) is 0. The van der Waals surface area contributed by atoms with E-state index in [-0.39, 0.29) is 6.04 Å². The summed E-state index contributed by atoms with van der Waals surface area (Å²) in [6.07, 6.45) is -0.169. The number of thiophene rings is 1. The molecular formula is C22H27F3N4O5S. The van der Waals surface area contributed by atoms with Gasteiger partial charge >= 0.3 is 23.3 Å². The molecule has 0 radical (unpaired) electrons. The van der Waals surface area contributed by atoms with Crippen molar-refractivity contribution < 1.29 is 27.8 Å². The predicted octanol–water partition coefficient (Wildman–Crippen LogP) is 2.70. The van der Waals surface area contributed by atoms with Gasteiger partial charge < -0.3 is 9.84 Å². The molecule has 192 valence electrons. The van der Waals surface area contributed by atoms with E-state index in [4.69, 9.17) is 14.6 Å². The number of aryl methyl sites for hydroxylation is 1. The molecule has 0 amide bonds. The number of carboxylic acids is 1. The summed E-state index contributed by atoms with van der Waals surface area (Å²) in [4.78, 5) is 39.4. The highest BCUT2D eigenvalue weighted by Crippen LogP contribution is 2.33. The normalized spacial score (nSPS) is 22.7. The van der Waals surface area contributed by atoms with Gasteiger partial charge in [-0.1, -0.05) is 12.8 Å². The van der Waals surface area contributed by atoms with Gasteiger partial charge in [0, 0.05) is 29.4 Å². The topological polar surface area (TPSA) is 107 Å². The molecule has 1 saturated heterocycles. The number of fused-ring (bicyclic) bond motifs is 1. The minimum Gasteiger partial charge on any atom is -0.475 e. The Morgan fingerprint density at radius 3 is 2.51 bits per heavy atom. The number of rotatable bonds is 3. The van der Waals surface area contributed by atoms with Gasteiger partial charge in [0.05, 0.1) is 12.6 Å². The number of hydrogen-bond acceptors (Lipinski definition) is 7. The third-order valence-electron chi connectivity index (χ3n) is 6.61. The maximum absolute atomic E-state index is 12.8. The number of hydrogen-bond donors (Lipinski definition) is 1. The van der Waals surface area contributed by atoms with Crippen LogP contribution in [-0.4, -0.2) is 55.2 Å². The molecule has 2 fully saturated rings. The minimum atomic E-state index is -5.08. The van der Waals surface area contributed by atoms with Crippen molar-refractivity contribution in [2.24, 2.45) is 0 Å². The standard InChI is InChI=1S/C20H26N4O3S.C2HF3O2/c1-14-6-7-16(28-14)10-22-9-8-20(12-22)13-23-17(11-27-20)21-24(19(26)18(23)25)15-4-2-3-5-15;3-2(4,5)1(6)7/h6-7,15H,2-5,8-13H2,1H3;(H,6,7). The Morgan fingerprint density at radius 1 is 1.23 bits per heavy atom. The van der Waals surface area contributed by atoms with Crippen LogP contribution in [0.25, 0.3) is 0 Å². The summed E-state index contributed by atoms with van der Waals surface area (Å²) in [5.74, 6) is -2.16. The molecule has 0 bridgehead atoms. The number of aliphatic carboxylic acids is 1. The molecule has 35 heavy (non-hydrogen) atoms. The molecule has 1 atom stereocenters. The first-order valence-corrected chi connectivity index (χ1v) is 12.2. The summed E-state index contributed by atoms with van der Waals surface area (Å²) < 4.78 is 41.0. The van der Waals surface area contributed by atoms with Crippen molar-refractivity contribution >= 4 is 17.3 Å². The maximum atomic E-state index is 12.8. The first-order valence-electron chi connectivity index (χ1n) is 11.4. The number of carboxylic acid groups (broad SMARTS) is 1. The van der Waals surface area contributed by atoms with Gasteiger partial charge in [-0.05, 0) is 38.3 Å². The van der Waals surface area contributed by atoms with Crippen molar-refractivity contribution in [3.05, 3.63) is 48.4 Å². The van der Waals surface area contributed by atoms with Crippen LogP contribution < -0.4 is 11.1 Å². The van der Waals surface area contributed by atoms with E-state index in [1.807, 2.05) is 11.3 Å². The first kappa shape index (κ1) is 25.6. The van der Waals surface area contributed by atoms with Gasteiger partial charge in [-0.2, -0.15) is 18.3 Å². The predicted molar refractivity (Wildman–Crippen MR) is 120 cm³/mol. The average Bonchev–Trinajstić information content (AvgIpc) is 3.54. The SMILES string of the molecule is Cc1ccc(CN2CCC3(C2)Cn2c(nn(C4CCCC4)c(=O)c2=O)CO3)s1.O=C(O)C(F)(F)F. The molecule has 3 aliphatic rings. The molecule has 1 N–H and O–H groups in total. The summed E-state index contributed by atoms with van der Waals surface area (Å²) in [6, 6.07) is 4.40. The molecular weight excluding hydrogens is 489 g/mol. The lowest BCUT2D eigenvalue weighted by molar-refractivity contribution is -0.192. The van der Waals surface area contributed by atoms with Gasteiger partial charge in [0.25, 0.3) is 0 Å². The molecule has 0 aromatic carbocycles. The Bertz CT molecular complexity index is 1200. The van der Waals surface area contributed by atoms with Gasteiger partial charge in [0.2, 0.25) is 0 Å². The zero-order chi connectivity index (χ0) is 25.4. The summed E-state index contributed by atoms with van der Waals surface area (Å²) in [6.45, 7) is 5.48. The zero-order valence-corrected chi connectivity index (χ0v) is 20.0. The van der Waals surface area contributed by atoms with Crippen LogP contribution in [0.3, 0.4) is 0 Å². The van der Waals surface area contributed by atoms with Crippen molar-refractivity contribution in [2.75, 3.05) is 13.1 Å². The van der Waals surface area contributed by atoms with Crippen molar-refractivity contribution in [1.82, 2.24) is 19.2 Å². The molecule has 2 aliphatic heterocycles. The van der Waals surface area contributed by atoms with Crippen LogP contribution in [0.5, 0.6) is 0 Å². The van der Waals surface area contributed by atoms with Crippen LogP contribution in [0.2, 0.25) is 0 Å². The number of alkyl halides is 3. The lowest BCUT2D eigenvalue weighted by Crippen LogP contribution is -2.53. The highest BCUT2D eigenvalue weighted by molar-refractivity contribution is 7.11. The quantitative estimate of drug-likeness (QED) is 0.626. The zero-order valence-electron chi connectivity index (χ0n) is 19.2. The Balaban J connectivity index is 0.000000364. The highest BCUT2D eigenvalue weighted by atomic mass is 32.1. The van der Waals surface area contributed by atoms with Crippen molar-refractivity contribution in [3.8, 4) is 0 Å². The summed E-state index contributed by atoms with van der Waals surface area (Å²) >= 11 is 1.82. The van der Waals surface area contributed by atoms with Gasteiger partial charge in [0.15, 0.2) is 5.82 Å². The monoisotopic (exact) mass is 516 g/mol. The van der Waals surface area contributed by atoms with Crippen LogP contribution in [-0.2, 0) is 29.2 Å². The van der Waals surface area contributed by atoms with E-state index < -0.39 is 28.9 Å². The van der Waals surface area contributed by atoms with Crippen LogP contribution in [0, 0.1) is 6.92 Å². The number of aromatic nitrogens is 3. The molecule has 5 rings (SSSR count). The van der Waals surface area contributed by atoms with E-state index >= 15 is 0 Å². The van der Waals surface area contributed by atoms with E-state index in [0.29, 0.717) is 19.0 Å². The van der Waals surface area contributed by atoms with E-state index in [0.717, 1.165) is 51.7 Å². The molecule has 1 spiro atoms. The van der Waals surface area contributed by atoms with Crippen molar-refractivity contribution in [2.45, 2.75) is 76.5 Å². The second-order valence-corrected chi connectivity index (χ2v) is 10.6. The Morgan fingerprint density at radius 2 is 1.91 bits per heavy atom. The van der Waals surface area contributed by atoms with Gasteiger partial charge in [-0.15, -0.1) is 11.3 Å². The molecule has 1 saturated carbocycles. The van der Waals surface area contributed by atoms with Crippen LogP contribution >= 0.6 is 11.3 Å². The third kappa shape index (κ3) is 5.67. The molecule has 1 unspecified atom stereocenters. The Hall–Kier alpha value is -2.51. The lowest BCUT2D eigenvalue weighted by Gasteiger charge is -2.35. The molecule has 4 heterocycles. The summed E-state index contributed by atoms with van der Waals surface area (Å²) in [5.41, 5.74) is -1.31. The molecule has 2 aromatic heterocycles.